The molecule has 144 valence electrons. The van der Waals surface area contributed by atoms with Gasteiger partial charge in [-0.05, 0) is 48.7 Å². The Morgan fingerprint density at radius 1 is 1.15 bits per heavy atom. The zero-order valence-corrected chi connectivity index (χ0v) is 16.9. The Bertz CT molecular complexity index is 968. The topological polar surface area (TPSA) is 75.7 Å². The van der Waals surface area contributed by atoms with Crippen LogP contribution in [0.15, 0.2) is 47.4 Å². The second-order valence-corrected chi connectivity index (χ2v) is 9.28. The van der Waals surface area contributed by atoms with Crippen LogP contribution in [0.2, 0.25) is 5.02 Å². The molecule has 0 aliphatic heterocycles. The fraction of sp³-hybridized carbons (Fsp3) is 0.316. The minimum Gasteiger partial charge on any atom is -0.495 e. The van der Waals surface area contributed by atoms with Crippen molar-refractivity contribution in [1.29, 1.82) is 0 Å². The summed E-state index contributed by atoms with van der Waals surface area (Å²) in [5.74, 6) is 0.204. The van der Waals surface area contributed by atoms with Crippen molar-refractivity contribution in [3.05, 3.63) is 53.1 Å². The lowest BCUT2D eigenvalue weighted by atomic mass is 9.95. The van der Waals surface area contributed by atoms with E-state index < -0.39 is 15.4 Å². The lowest BCUT2D eigenvalue weighted by molar-refractivity contribution is -0.118. The fourth-order valence-electron chi connectivity index (χ4n) is 2.94. The van der Waals surface area contributed by atoms with Crippen molar-refractivity contribution in [3.63, 3.8) is 0 Å². The number of nitrogens with zero attached hydrogens (tertiary/aromatic N) is 1. The fourth-order valence-corrected chi connectivity index (χ4v) is 3.99. The second-order valence-electron chi connectivity index (χ2n) is 6.69. The first kappa shape index (κ1) is 19.7. The molecule has 2 aromatic rings. The van der Waals surface area contributed by atoms with E-state index in [1.807, 2.05) is 12.1 Å². The molecule has 0 bridgehead atoms. The summed E-state index contributed by atoms with van der Waals surface area (Å²) < 4.78 is 31.2. The summed E-state index contributed by atoms with van der Waals surface area (Å²) in [4.78, 5) is 13.1. The number of carbonyl (C=O) groups is 1. The number of hydrogen-bond acceptors (Lipinski definition) is 4. The summed E-state index contributed by atoms with van der Waals surface area (Å²) in [7, 11) is 0.756. The molecule has 27 heavy (non-hydrogen) atoms. The third-order valence-corrected chi connectivity index (χ3v) is 6.84. The van der Waals surface area contributed by atoms with Crippen LogP contribution in [-0.2, 0) is 20.2 Å². The summed E-state index contributed by atoms with van der Waals surface area (Å²) in [6.07, 6.45) is 1.44. The van der Waals surface area contributed by atoms with Crippen LogP contribution in [0.3, 0.4) is 0 Å². The summed E-state index contributed by atoms with van der Waals surface area (Å²) in [6, 6.07) is 11.6. The first-order valence-electron chi connectivity index (χ1n) is 8.39. The van der Waals surface area contributed by atoms with E-state index in [1.54, 1.807) is 12.1 Å². The van der Waals surface area contributed by atoms with Crippen molar-refractivity contribution in [2.45, 2.75) is 23.2 Å². The zero-order valence-electron chi connectivity index (χ0n) is 15.3. The van der Waals surface area contributed by atoms with Gasteiger partial charge in [0.1, 0.15) is 5.75 Å². The predicted molar refractivity (Wildman–Crippen MR) is 105 cm³/mol. The number of sulfonamides is 1. The third-order valence-electron chi connectivity index (χ3n) is 4.78. The average Bonchev–Trinajstić information content (AvgIpc) is 3.44. The van der Waals surface area contributed by atoms with Gasteiger partial charge in [-0.2, -0.15) is 0 Å². The Kier molecular flexibility index (Phi) is 5.20. The number of carbonyl (C=O) groups excluding carboxylic acids is 1. The molecule has 0 aromatic heterocycles. The van der Waals surface area contributed by atoms with Crippen molar-refractivity contribution in [1.82, 2.24) is 4.31 Å². The molecule has 1 fully saturated rings. The Morgan fingerprint density at radius 2 is 1.78 bits per heavy atom. The van der Waals surface area contributed by atoms with Gasteiger partial charge in [0.05, 0.1) is 23.1 Å². The molecule has 0 heterocycles. The van der Waals surface area contributed by atoms with Gasteiger partial charge in [0.2, 0.25) is 15.9 Å². The standard InChI is InChI=1S/C19H21ClN2O4S/c1-22(2)27(24,25)15-8-9-17(26-3)16(12-15)21-18(23)19(10-11-19)13-4-6-14(20)7-5-13/h4-9,12H,10-11H2,1-3H3,(H,21,23). The van der Waals surface area contributed by atoms with Gasteiger partial charge < -0.3 is 10.1 Å². The summed E-state index contributed by atoms with van der Waals surface area (Å²) in [5, 5.41) is 3.46. The van der Waals surface area contributed by atoms with Crippen LogP contribution < -0.4 is 10.1 Å². The Balaban J connectivity index is 1.92. The molecule has 0 saturated heterocycles. The molecule has 6 nitrogen and oxygen atoms in total. The number of nitrogens with one attached hydrogen (secondary N) is 1. The molecule has 3 rings (SSSR count). The highest BCUT2D eigenvalue weighted by molar-refractivity contribution is 7.89. The van der Waals surface area contributed by atoms with E-state index in [0.717, 1.165) is 22.7 Å². The third kappa shape index (κ3) is 3.67. The minimum atomic E-state index is -3.63. The number of methoxy groups -OCH3 is 1. The molecule has 1 aliphatic carbocycles. The maximum Gasteiger partial charge on any atom is 0.242 e. The molecule has 0 atom stereocenters. The molecule has 1 N–H and O–H groups in total. The molecule has 0 unspecified atom stereocenters. The van der Waals surface area contributed by atoms with Gasteiger partial charge in [0.25, 0.3) is 0 Å². The largest absolute Gasteiger partial charge is 0.495 e. The zero-order chi connectivity index (χ0) is 19.8. The van der Waals surface area contributed by atoms with E-state index >= 15 is 0 Å². The second kappa shape index (κ2) is 7.14. The first-order valence-corrected chi connectivity index (χ1v) is 10.2. The van der Waals surface area contributed by atoms with E-state index in [1.165, 1.54) is 39.4 Å². The maximum atomic E-state index is 13.0. The lowest BCUT2D eigenvalue weighted by Gasteiger charge is -2.19. The van der Waals surface area contributed by atoms with Crippen LogP contribution >= 0.6 is 11.6 Å². The monoisotopic (exact) mass is 408 g/mol. The molecule has 2 aromatic carbocycles. The number of benzene rings is 2. The molecule has 0 radical (unpaired) electrons. The van der Waals surface area contributed by atoms with Crippen LogP contribution in [0.1, 0.15) is 18.4 Å². The minimum absolute atomic E-state index is 0.0833. The number of halogens is 1. The van der Waals surface area contributed by atoms with Crippen LogP contribution in [0.25, 0.3) is 0 Å². The van der Waals surface area contributed by atoms with Crippen LogP contribution in [0.5, 0.6) is 5.75 Å². The lowest BCUT2D eigenvalue weighted by Crippen LogP contribution is -2.28. The molecular formula is C19H21ClN2O4S. The van der Waals surface area contributed by atoms with Gasteiger partial charge in [0.15, 0.2) is 0 Å². The van der Waals surface area contributed by atoms with Gasteiger partial charge in [0, 0.05) is 19.1 Å². The van der Waals surface area contributed by atoms with E-state index in [0.29, 0.717) is 16.5 Å². The van der Waals surface area contributed by atoms with Crippen molar-refractivity contribution in [3.8, 4) is 5.75 Å². The summed E-state index contributed by atoms with van der Waals surface area (Å²) >= 11 is 5.94. The average molecular weight is 409 g/mol. The number of rotatable bonds is 6. The Labute approximate surface area is 164 Å². The Hall–Kier alpha value is -2.09. The van der Waals surface area contributed by atoms with Gasteiger partial charge in [-0.15, -0.1) is 0 Å². The van der Waals surface area contributed by atoms with Crippen molar-refractivity contribution in [2.24, 2.45) is 0 Å². The van der Waals surface area contributed by atoms with Crippen molar-refractivity contribution in [2.75, 3.05) is 26.5 Å². The Morgan fingerprint density at radius 3 is 2.30 bits per heavy atom. The SMILES string of the molecule is COc1ccc(S(=O)(=O)N(C)C)cc1NC(=O)C1(c2ccc(Cl)cc2)CC1. The normalized spacial score (nSPS) is 15.4. The molecule has 1 aliphatic rings. The van der Waals surface area contributed by atoms with E-state index in [4.69, 9.17) is 16.3 Å². The maximum absolute atomic E-state index is 13.0. The highest BCUT2D eigenvalue weighted by Gasteiger charge is 2.51. The van der Waals surface area contributed by atoms with E-state index in [-0.39, 0.29) is 10.8 Å². The van der Waals surface area contributed by atoms with E-state index in [2.05, 4.69) is 5.32 Å². The van der Waals surface area contributed by atoms with Gasteiger partial charge >= 0.3 is 0 Å². The van der Waals surface area contributed by atoms with Gasteiger partial charge in [-0.3, -0.25) is 4.79 Å². The van der Waals surface area contributed by atoms with Crippen LogP contribution in [0.4, 0.5) is 5.69 Å². The molecular weight excluding hydrogens is 388 g/mol. The molecule has 8 heteroatoms. The predicted octanol–water partition coefficient (Wildman–Crippen LogP) is 3.27. The summed E-state index contributed by atoms with van der Waals surface area (Å²) in [6.45, 7) is 0. The highest BCUT2D eigenvalue weighted by Crippen LogP contribution is 2.49. The number of ether oxygens (including phenoxy) is 1. The van der Waals surface area contributed by atoms with Crippen molar-refractivity contribution >= 4 is 33.2 Å². The number of hydrogen-bond donors (Lipinski definition) is 1. The highest BCUT2D eigenvalue weighted by atomic mass is 35.5. The number of amides is 1. The first-order chi connectivity index (χ1) is 12.7. The molecule has 1 saturated carbocycles. The quantitative estimate of drug-likeness (QED) is 0.795. The smallest absolute Gasteiger partial charge is 0.242 e. The van der Waals surface area contributed by atoms with E-state index in [9.17, 15) is 13.2 Å². The summed E-state index contributed by atoms with van der Waals surface area (Å²) in [5.41, 5.74) is 0.595. The van der Waals surface area contributed by atoms with Crippen LogP contribution in [-0.4, -0.2) is 39.8 Å². The van der Waals surface area contributed by atoms with Crippen molar-refractivity contribution < 1.29 is 17.9 Å². The van der Waals surface area contributed by atoms with Gasteiger partial charge in [-0.1, -0.05) is 23.7 Å². The molecule has 1 amide bonds. The molecule has 0 spiro atoms. The number of anilines is 1. The van der Waals surface area contributed by atoms with Gasteiger partial charge in [-0.25, -0.2) is 12.7 Å². The van der Waals surface area contributed by atoms with Crippen LogP contribution in [0, 0.1) is 0 Å².